The Morgan fingerprint density at radius 2 is 0.642 bits per heavy atom. The van der Waals surface area contributed by atoms with Crippen molar-refractivity contribution in [2.75, 3.05) is 39.6 Å². The average Bonchev–Trinajstić information content (AvgIpc) is 3.13. The molecule has 304 valence electrons. The van der Waals surface area contributed by atoms with Gasteiger partial charge in [-0.05, 0) is 38.5 Å². The third-order valence-corrected chi connectivity index (χ3v) is 10.6. The highest BCUT2D eigenvalue weighted by molar-refractivity contribution is 7.92. The maximum Gasteiger partial charge on any atom is 0.221 e. The van der Waals surface area contributed by atoms with Crippen LogP contribution in [0.25, 0.3) is 0 Å². The number of ether oxygens (including phenoxy) is 6. The van der Waals surface area contributed by atoms with Gasteiger partial charge in [-0.25, -0.2) is 8.42 Å². The van der Waals surface area contributed by atoms with Crippen LogP contribution in [-0.2, 0) is 9.84 Å². The molecule has 0 saturated carbocycles. The number of phenolic OH excluding ortho intramolecular Hbond substituents is 2. The maximum atomic E-state index is 15.6. The molecule has 0 aliphatic heterocycles. The van der Waals surface area contributed by atoms with E-state index in [0.29, 0.717) is 38.5 Å². The molecule has 0 heterocycles. The maximum absolute atomic E-state index is 15.6. The summed E-state index contributed by atoms with van der Waals surface area (Å²) in [7, 11) is -4.66. The van der Waals surface area contributed by atoms with Crippen molar-refractivity contribution in [1.82, 2.24) is 0 Å². The molecular formula is C42H70O10S. The zero-order valence-electron chi connectivity index (χ0n) is 33.7. The minimum Gasteiger partial charge on any atom is -0.504 e. The van der Waals surface area contributed by atoms with Gasteiger partial charge in [-0.1, -0.05) is 119 Å². The van der Waals surface area contributed by atoms with Crippen LogP contribution in [0.15, 0.2) is 21.9 Å². The minimum absolute atomic E-state index is 0.0530. The van der Waals surface area contributed by atoms with Crippen molar-refractivity contribution in [3.05, 3.63) is 12.1 Å². The van der Waals surface area contributed by atoms with Crippen molar-refractivity contribution in [3.8, 4) is 46.0 Å². The smallest absolute Gasteiger partial charge is 0.221 e. The van der Waals surface area contributed by atoms with Gasteiger partial charge in [0.05, 0.1) is 39.6 Å². The molecule has 0 aliphatic rings. The molecule has 2 aromatic carbocycles. The molecule has 0 aromatic heterocycles. The number of hydrogen-bond donors (Lipinski definition) is 2. The largest absolute Gasteiger partial charge is 0.504 e. The fraction of sp³-hybridized carbons (Fsp3) is 0.714. The molecule has 2 rings (SSSR count). The Bertz CT molecular complexity index is 1310. The van der Waals surface area contributed by atoms with Gasteiger partial charge in [0.2, 0.25) is 21.3 Å². The van der Waals surface area contributed by atoms with Crippen LogP contribution < -0.4 is 28.4 Å². The lowest BCUT2D eigenvalue weighted by Gasteiger charge is -2.24. The van der Waals surface area contributed by atoms with Gasteiger partial charge in [0.15, 0.2) is 32.8 Å². The van der Waals surface area contributed by atoms with E-state index in [-0.39, 0.29) is 95.4 Å². The van der Waals surface area contributed by atoms with Crippen LogP contribution in [0.5, 0.6) is 46.0 Å². The third-order valence-electron chi connectivity index (χ3n) is 8.80. The molecule has 0 bridgehead atoms. The van der Waals surface area contributed by atoms with E-state index in [1.54, 1.807) is 0 Å². The summed E-state index contributed by atoms with van der Waals surface area (Å²) in [6.07, 6.45) is 15.1. The van der Waals surface area contributed by atoms with E-state index in [4.69, 9.17) is 28.4 Å². The van der Waals surface area contributed by atoms with Gasteiger partial charge in [0, 0.05) is 12.1 Å². The van der Waals surface area contributed by atoms with Crippen LogP contribution in [0.2, 0.25) is 0 Å². The molecule has 0 aliphatic carbocycles. The predicted molar refractivity (Wildman–Crippen MR) is 212 cm³/mol. The zero-order chi connectivity index (χ0) is 38.9. The monoisotopic (exact) mass is 766 g/mol. The van der Waals surface area contributed by atoms with Gasteiger partial charge in [-0.15, -0.1) is 0 Å². The van der Waals surface area contributed by atoms with E-state index in [0.717, 1.165) is 77.0 Å². The first-order valence-corrected chi connectivity index (χ1v) is 22.0. The van der Waals surface area contributed by atoms with E-state index >= 15 is 8.42 Å². The number of phenols is 2. The second kappa shape index (κ2) is 26.5. The predicted octanol–water partition coefficient (Wildman–Crippen LogP) is 11.3. The highest BCUT2D eigenvalue weighted by atomic mass is 32.2. The molecule has 0 atom stereocenters. The highest BCUT2D eigenvalue weighted by Gasteiger charge is 2.39. The molecule has 2 aromatic rings. The lowest BCUT2D eigenvalue weighted by Crippen LogP contribution is -2.15. The first kappa shape index (κ1) is 45.9. The standard InChI is InChI=1S/C42H70O10S/c1-7-13-19-25-47-35-31-33(43)37(49-27-21-15-9-3)39(51-29-23-17-11-5)41(35)53(45,46)42-36(48-26-20-14-8-2)32-34(44)38(50-28-22-16-10-4)40(42)52-30-24-18-12-6/h31-32,43-44H,7-30H2,1-6H3. The van der Waals surface area contributed by atoms with Gasteiger partial charge in [-0.3, -0.25) is 0 Å². The van der Waals surface area contributed by atoms with Gasteiger partial charge in [0.1, 0.15) is 11.5 Å². The lowest BCUT2D eigenvalue weighted by atomic mass is 10.2. The number of sulfone groups is 1. The van der Waals surface area contributed by atoms with E-state index in [1.807, 2.05) is 0 Å². The van der Waals surface area contributed by atoms with Crippen molar-refractivity contribution >= 4 is 9.84 Å². The van der Waals surface area contributed by atoms with E-state index in [2.05, 4.69) is 41.5 Å². The Morgan fingerprint density at radius 1 is 0.396 bits per heavy atom. The Morgan fingerprint density at radius 3 is 0.906 bits per heavy atom. The second-order valence-electron chi connectivity index (χ2n) is 13.6. The SMILES string of the molecule is CCCCCOc1cc(O)c(OCCCCC)c(OCCCCC)c1S(=O)(=O)c1c(OCCCCC)cc(O)c(OCCCCC)c1OCCCCC. The Kier molecular flexibility index (Phi) is 23.0. The van der Waals surface area contributed by atoms with Crippen LogP contribution in [0.1, 0.15) is 157 Å². The molecule has 11 heteroatoms. The molecule has 0 radical (unpaired) electrons. The first-order chi connectivity index (χ1) is 25.7. The molecule has 2 N–H and O–H groups in total. The average molecular weight is 767 g/mol. The minimum atomic E-state index is -4.66. The zero-order valence-corrected chi connectivity index (χ0v) is 34.5. The quantitative estimate of drug-likeness (QED) is 0.0694. The van der Waals surface area contributed by atoms with E-state index in [1.165, 1.54) is 12.1 Å². The normalized spacial score (nSPS) is 11.4. The summed E-state index contributed by atoms with van der Waals surface area (Å²) in [6.45, 7) is 13.8. The first-order valence-electron chi connectivity index (χ1n) is 20.5. The summed E-state index contributed by atoms with van der Waals surface area (Å²) in [6, 6.07) is 2.61. The number of unbranched alkanes of at least 4 members (excludes halogenated alkanes) is 12. The molecule has 0 fully saturated rings. The van der Waals surface area contributed by atoms with Crippen molar-refractivity contribution in [2.24, 2.45) is 0 Å². The lowest BCUT2D eigenvalue weighted by molar-refractivity contribution is 0.234. The van der Waals surface area contributed by atoms with Gasteiger partial charge < -0.3 is 38.6 Å². The number of hydrogen-bond acceptors (Lipinski definition) is 10. The van der Waals surface area contributed by atoms with E-state index < -0.39 is 9.84 Å². The van der Waals surface area contributed by atoms with Crippen LogP contribution in [0, 0.1) is 0 Å². The van der Waals surface area contributed by atoms with Gasteiger partial charge in [0.25, 0.3) is 0 Å². The van der Waals surface area contributed by atoms with Crippen LogP contribution in [-0.4, -0.2) is 58.3 Å². The second-order valence-corrected chi connectivity index (χ2v) is 15.4. The molecular weight excluding hydrogens is 697 g/mol. The molecule has 0 unspecified atom stereocenters. The van der Waals surface area contributed by atoms with Gasteiger partial charge in [-0.2, -0.15) is 0 Å². The van der Waals surface area contributed by atoms with Crippen molar-refractivity contribution in [2.45, 2.75) is 167 Å². The fourth-order valence-corrected chi connectivity index (χ4v) is 7.47. The molecule has 0 saturated heterocycles. The Balaban J connectivity index is 3.02. The molecule has 53 heavy (non-hydrogen) atoms. The topological polar surface area (TPSA) is 130 Å². The molecule has 0 spiro atoms. The number of aromatic hydroxyl groups is 2. The summed E-state index contributed by atoms with van der Waals surface area (Å²) in [5.74, 6) is -0.991. The number of benzene rings is 2. The Hall–Kier alpha value is -3.21. The molecule has 10 nitrogen and oxygen atoms in total. The summed E-state index contributed by atoms with van der Waals surface area (Å²) < 4.78 is 68.5. The van der Waals surface area contributed by atoms with Crippen molar-refractivity contribution < 1.29 is 47.1 Å². The molecule has 0 amide bonds. The van der Waals surface area contributed by atoms with Crippen molar-refractivity contribution in [3.63, 3.8) is 0 Å². The summed E-state index contributed by atoms with van der Waals surface area (Å²) in [5, 5.41) is 22.8. The summed E-state index contributed by atoms with van der Waals surface area (Å²) in [4.78, 5) is -0.568. The summed E-state index contributed by atoms with van der Waals surface area (Å²) >= 11 is 0. The van der Waals surface area contributed by atoms with Crippen LogP contribution in [0.4, 0.5) is 0 Å². The van der Waals surface area contributed by atoms with Crippen LogP contribution >= 0.6 is 0 Å². The summed E-state index contributed by atoms with van der Waals surface area (Å²) in [5.41, 5.74) is 0. The van der Waals surface area contributed by atoms with Crippen LogP contribution in [0.3, 0.4) is 0 Å². The highest BCUT2D eigenvalue weighted by Crippen LogP contribution is 2.54. The number of rotatable bonds is 32. The Labute approximate surface area is 320 Å². The fourth-order valence-electron chi connectivity index (χ4n) is 5.71. The van der Waals surface area contributed by atoms with Crippen molar-refractivity contribution in [1.29, 1.82) is 0 Å². The van der Waals surface area contributed by atoms with E-state index in [9.17, 15) is 10.2 Å². The third kappa shape index (κ3) is 14.9. The van der Waals surface area contributed by atoms with Gasteiger partial charge >= 0.3 is 0 Å².